The zero-order chi connectivity index (χ0) is 18.2. The highest BCUT2D eigenvalue weighted by atomic mass is 14.8. The Balaban J connectivity index is 1.76. The average Bonchev–Trinajstić information content (AvgIpc) is 2.73. The second-order valence-corrected chi connectivity index (χ2v) is 6.84. The fourth-order valence-corrected chi connectivity index (χ4v) is 3.50. The molecule has 3 aromatic carbocycles. The van der Waals surface area contributed by atoms with Crippen LogP contribution in [0.4, 0.5) is 0 Å². The van der Waals surface area contributed by atoms with E-state index in [1.165, 1.54) is 5.56 Å². The molecule has 0 bridgehead atoms. The quantitative estimate of drug-likeness (QED) is 0.344. The van der Waals surface area contributed by atoms with E-state index in [1.54, 1.807) is 0 Å². The molecule has 0 saturated carbocycles. The van der Waals surface area contributed by atoms with Gasteiger partial charge in [-0.05, 0) is 25.1 Å². The van der Waals surface area contributed by atoms with E-state index < -0.39 is 0 Å². The monoisotopic (exact) mass is 346 g/mol. The summed E-state index contributed by atoms with van der Waals surface area (Å²) < 4.78 is 0. The van der Waals surface area contributed by atoms with E-state index in [0.29, 0.717) is 0 Å². The van der Waals surface area contributed by atoms with Crippen LogP contribution >= 0.6 is 0 Å². The fourth-order valence-electron chi connectivity index (χ4n) is 3.50. The topological polar surface area (TPSA) is 25.8 Å². The molecule has 0 saturated heterocycles. The van der Waals surface area contributed by atoms with E-state index in [0.717, 1.165) is 44.3 Å². The van der Waals surface area contributed by atoms with Gasteiger partial charge in [0, 0.05) is 21.9 Å². The van der Waals surface area contributed by atoms with Crippen LogP contribution in [0.2, 0.25) is 0 Å². The third kappa shape index (κ3) is 2.85. The summed E-state index contributed by atoms with van der Waals surface area (Å²) in [7, 11) is 0. The standard InChI is InChI=1S/C25H18N2/c1-17-6-5-9-21(16-17)23-15-13-20-11-10-19-12-14-22(18-7-3-2-4-8-18)26-24(19)25(20)27-23/h2-16H,1H3. The molecular weight excluding hydrogens is 328 g/mol. The highest BCUT2D eigenvalue weighted by Gasteiger charge is 2.08. The van der Waals surface area contributed by atoms with Gasteiger partial charge in [0.05, 0.1) is 22.4 Å². The molecule has 0 aliphatic rings. The molecule has 0 spiro atoms. The summed E-state index contributed by atoms with van der Waals surface area (Å²) in [6, 6.07) is 31.4. The smallest absolute Gasteiger partial charge is 0.0972 e. The molecule has 2 heterocycles. The van der Waals surface area contributed by atoms with Crippen LogP contribution in [0.5, 0.6) is 0 Å². The lowest BCUT2D eigenvalue weighted by Crippen LogP contribution is -1.91. The first kappa shape index (κ1) is 15.7. The van der Waals surface area contributed by atoms with Gasteiger partial charge in [-0.1, -0.05) is 78.4 Å². The van der Waals surface area contributed by atoms with Gasteiger partial charge >= 0.3 is 0 Å². The minimum absolute atomic E-state index is 0.948. The van der Waals surface area contributed by atoms with E-state index in [2.05, 4.69) is 79.7 Å². The highest BCUT2D eigenvalue weighted by molar-refractivity contribution is 6.04. The van der Waals surface area contributed by atoms with E-state index in [1.807, 2.05) is 18.2 Å². The number of aryl methyl sites for hydroxylation is 1. The van der Waals surface area contributed by atoms with E-state index in [9.17, 15) is 0 Å². The second kappa shape index (κ2) is 6.33. The Labute approximate surface area is 158 Å². The van der Waals surface area contributed by atoms with E-state index in [-0.39, 0.29) is 0 Å². The Morgan fingerprint density at radius 3 is 1.70 bits per heavy atom. The molecule has 0 amide bonds. The van der Waals surface area contributed by atoms with Crippen LogP contribution in [0.25, 0.3) is 44.3 Å². The minimum Gasteiger partial charge on any atom is -0.245 e. The number of aromatic nitrogens is 2. The Morgan fingerprint density at radius 1 is 0.519 bits per heavy atom. The van der Waals surface area contributed by atoms with Gasteiger partial charge in [-0.15, -0.1) is 0 Å². The van der Waals surface area contributed by atoms with Crippen LogP contribution in [0.1, 0.15) is 5.56 Å². The molecule has 0 aliphatic heterocycles. The van der Waals surface area contributed by atoms with Gasteiger partial charge in [-0.25, -0.2) is 9.97 Å². The summed E-state index contributed by atoms with van der Waals surface area (Å²) >= 11 is 0. The van der Waals surface area contributed by atoms with Crippen LogP contribution < -0.4 is 0 Å². The molecule has 2 aromatic heterocycles. The molecule has 0 aliphatic carbocycles. The Hall–Kier alpha value is -3.52. The molecular formula is C25H18N2. The number of hydrogen-bond acceptors (Lipinski definition) is 2. The molecule has 0 N–H and O–H groups in total. The molecule has 0 fully saturated rings. The summed E-state index contributed by atoms with van der Waals surface area (Å²) in [5.41, 5.74) is 7.33. The van der Waals surface area contributed by atoms with Crippen LogP contribution in [-0.2, 0) is 0 Å². The van der Waals surface area contributed by atoms with Gasteiger partial charge in [0.25, 0.3) is 0 Å². The van der Waals surface area contributed by atoms with Gasteiger partial charge < -0.3 is 0 Å². The third-order valence-electron chi connectivity index (χ3n) is 4.90. The van der Waals surface area contributed by atoms with Gasteiger partial charge in [0.1, 0.15) is 0 Å². The molecule has 27 heavy (non-hydrogen) atoms. The molecule has 5 aromatic rings. The van der Waals surface area contributed by atoms with Crippen molar-refractivity contribution >= 4 is 21.8 Å². The number of nitrogens with zero attached hydrogens (tertiary/aromatic N) is 2. The lowest BCUT2D eigenvalue weighted by Gasteiger charge is -2.08. The highest BCUT2D eigenvalue weighted by Crippen LogP contribution is 2.28. The predicted molar refractivity (Wildman–Crippen MR) is 113 cm³/mol. The first-order valence-electron chi connectivity index (χ1n) is 9.11. The lowest BCUT2D eigenvalue weighted by atomic mass is 10.0. The number of rotatable bonds is 2. The summed E-state index contributed by atoms with van der Waals surface area (Å²) in [5.74, 6) is 0. The molecule has 5 rings (SSSR count). The third-order valence-corrected chi connectivity index (χ3v) is 4.90. The first-order valence-corrected chi connectivity index (χ1v) is 9.11. The summed E-state index contributed by atoms with van der Waals surface area (Å²) in [6.45, 7) is 2.10. The molecule has 0 unspecified atom stereocenters. The largest absolute Gasteiger partial charge is 0.245 e. The molecule has 2 nitrogen and oxygen atoms in total. The van der Waals surface area contributed by atoms with Gasteiger partial charge in [-0.3, -0.25) is 0 Å². The number of hydrogen-bond donors (Lipinski definition) is 0. The maximum atomic E-state index is 4.99. The van der Waals surface area contributed by atoms with Crippen LogP contribution in [0.15, 0.2) is 91.0 Å². The van der Waals surface area contributed by atoms with Crippen molar-refractivity contribution in [3.63, 3.8) is 0 Å². The Bertz CT molecular complexity index is 1270. The molecule has 0 atom stereocenters. The SMILES string of the molecule is Cc1cccc(-c2ccc3ccc4ccc(-c5ccccc5)nc4c3n2)c1. The first-order chi connectivity index (χ1) is 13.3. The van der Waals surface area contributed by atoms with Gasteiger partial charge in [0.15, 0.2) is 0 Å². The number of fused-ring (bicyclic) bond motifs is 3. The molecule has 2 heteroatoms. The van der Waals surface area contributed by atoms with Crippen molar-refractivity contribution in [2.24, 2.45) is 0 Å². The van der Waals surface area contributed by atoms with Gasteiger partial charge in [-0.2, -0.15) is 0 Å². The Kier molecular flexibility index (Phi) is 3.68. The van der Waals surface area contributed by atoms with Crippen molar-refractivity contribution in [3.05, 3.63) is 96.6 Å². The minimum atomic E-state index is 0.948. The fraction of sp³-hybridized carbons (Fsp3) is 0.0400. The lowest BCUT2D eigenvalue weighted by molar-refractivity contribution is 1.36. The molecule has 0 radical (unpaired) electrons. The Morgan fingerprint density at radius 2 is 1.07 bits per heavy atom. The second-order valence-electron chi connectivity index (χ2n) is 6.84. The van der Waals surface area contributed by atoms with Crippen LogP contribution in [0.3, 0.4) is 0 Å². The summed E-state index contributed by atoms with van der Waals surface area (Å²) in [5, 5.41) is 2.22. The van der Waals surface area contributed by atoms with Gasteiger partial charge in [0.2, 0.25) is 0 Å². The maximum Gasteiger partial charge on any atom is 0.0972 e. The summed E-state index contributed by atoms with van der Waals surface area (Å²) in [4.78, 5) is 9.95. The predicted octanol–water partition coefficient (Wildman–Crippen LogP) is 6.43. The van der Waals surface area contributed by atoms with E-state index >= 15 is 0 Å². The maximum absolute atomic E-state index is 4.99. The normalized spacial score (nSPS) is 11.1. The zero-order valence-electron chi connectivity index (χ0n) is 15.1. The van der Waals surface area contributed by atoms with Crippen molar-refractivity contribution < 1.29 is 0 Å². The molecule has 128 valence electrons. The van der Waals surface area contributed by atoms with Crippen molar-refractivity contribution in [2.45, 2.75) is 6.92 Å². The average molecular weight is 346 g/mol. The van der Waals surface area contributed by atoms with Crippen molar-refractivity contribution in [1.82, 2.24) is 9.97 Å². The van der Waals surface area contributed by atoms with Crippen LogP contribution in [-0.4, -0.2) is 9.97 Å². The number of benzene rings is 3. The van der Waals surface area contributed by atoms with Crippen LogP contribution in [0, 0.1) is 6.92 Å². The summed E-state index contributed by atoms with van der Waals surface area (Å²) in [6.07, 6.45) is 0. The van der Waals surface area contributed by atoms with E-state index in [4.69, 9.17) is 9.97 Å². The van der Waals surface area contributed by atoms with Crippen molar-refractivity contribution in [3.8, 4) is 22.5 Å². The van der Waals surface area contributed by atoms with Crippen molar-refractivity contribution in [2.75, 3.05) is 0 Å². The zero-order valence-corrected chi connectivity index (χ0v) is 15.1. The number of pyridine rings is 2. The van der Waals surface area contributed by atoms with Crippen molar-refractivity contribution in [1.29, 1.82) is 0 Å².